The lowest BCUT2D eigenvalue weighted by atomic mass is 9.89. The number of carbonyl (C=O) groups excluding carboxylic acids is 3. The first-order valence-electron chi connectivity index (χ1n) is 10.4. The molecule has 4 rings (SSSR count). The number of amides is 4. The average molecular weight is 405 g/mol. The van der Waals surface area contributed by atoms with Crippen LogP contribution in [0.1, 0.15) is 55.4 Å². The third-order valence-electron chi connectivity index (χ3n) is 6.11. The Morgan fingerprint density at radius 3 is 2.50 bits per heavy atom. The molecule has 0 spiro atoms. The van der Waals surface area contributed by atoms with Crippen LogP contribution >= 0.6 is 0 Å². The number of urea groups is 1. The van der Waals surface area contributed by atoms with Gasteiger partial charge in [0.15, 0.2) is 0 Å². The molecular weight excluding hydrogens is 378 g/mol. The van der Waals surface area contributed by atoms with Gasteiger partial charge in [-0.05, 0) is 66.5 Å². The summed E-state index contributed by atoms with van der Waals surface area (Å²) in [4.78, 5) is 39.1. The first kappa shape index (κ1) is 20.1. The molecule has 0 radical (unpaired) electrons. The number of hydrogen-bond acceptors (Lipinski definition) is 3. The van der Waals surface area contributed by atoms with Crippen molar-refractivity contribution in [1.82, 2.24) is 10.2 Å². The maximum Gasteiger partial charge on any atom is 0.325 e. The Hall–Kier alpha value is -3.15. The minimum absolute atomic E-state index is 0.322. The largest absolute Gasteiger partial charge is 0.325 e. The van der Waals surface area contributed by atoms with E-state index in [4.69, 9.17) is 0 Å². The number of hydrogen-bond donors (Lipinski definition) is 2. The van der Waals surface area contributed by atoms with Crippen molar-refractivity contribution < 1.29 is 14.4 Å². The molecule has 0 saturated carbocycles. The second-order valence-corrected chi connectivity index (χ2v) is 8.61. The molecular formula is C24H27N3O3. The molecule has 30 heavy (non-hydrogen) atoms. The number of imide groups is 1. The van der Waals surface area contributed by atoms with Gasteiger partial charge < -0.3 is 10.6 Å². The van der Waals surface area contributed by atoms with E-state index in [1.54, 1.807) is 6.92 Å². The van der Waals surface area contributed by atoms with E-state index in [-0.39, 0.29) is 6.54 Å². The number of nitrogens with one attached hydrogen (secondary N) is 2. The Bertz CT molecular complexity index is 1010. The van der Waals surface area contributed by atoms with Crippen molar-refractivity contribution in [2.45, 2.75) is 51.5 Å². The van der Waals surface area contributed by atoms with Crippen molar-refractivity contribution in [3.8, 4) is 0 Å². The highest BCUT2D eigenvalue weighted by Crippen LogP contribution is 2.32. The van der Waals surface area contributed by atoms with Gasteiger partial charge in [0.1, 0.15) is 12.1 Å². The minimum atomic E-state index is -1.16. The molecule has 2 aromatic rings. The van der Waals surface area contributed by atoms with Crippen molar-refractivity contribution in [2.75, 3.05) is 11.9 Å². The van der Waals surface area contributed by atoms with Crippen molar-refractivity contribution in [2.24, 2.45) is 0 Å². The maximum atomic E-state index is 13.1. The van der Waals surface area contributed by atoms with Gasteiger partial charge in [0, 0.05) is 5.69 Å². The monoisotopic (exact) mass is 405 g/mol. The van der Waals surface area contributed by atoms with Crippen molar-refractivity contribution >= 4 is 23.5 Å². The standard InChI is InChI=1S/C24H27N3O3/c1-15(2)16-8-11-20(12-9-16)25-21(28)14-27-22(29)24(3,26-23(27)30)19-10-7-17-5-4-6-18(17)13-19/h7-13,15H,4-6,14H2,1-3H3,(H,25,28)(H,26,30)/t24-/m0/s1. The number of carbonyl (C=O) groups is 3. The predicted octanol–water partition coefficient (Wildman–Crippen LogP) is 3.70. The molecule has 1 saturated heterocycles. The van der Waals surface area contributed by atoms with E-state index in [1.165, 1.54) is 16.7 Å². The Morgan fingerprint density at radius 1 is 1.10 bits per heavy atom. The summed E-state index contributed by atoms with van der Waals surface area (Å²) < 4.78 is 0. The summed E-state index contributed by atoms with van der Waals surface area (Å²) in [6.07, 6.45) is 3.15. The van der Waals surface area contributed by atoms with E-state index < -0.39 is 23.4 Å². The Balaban J connectivity index is 1.46. The van der Waals surface area contributed by atoms with Crippen LogP contribution in [0.4, 0.5) is 10.5 Å². The summed E-state index contributed by atoms with van der Waals surface area (Å²) in [5, 5.41) is 5.55. The zero-order chi connectivity index (χ0) is 21.5. The molecule has 0 unspecified atom stereocenters. The van der Waals surface area contributed by atoms with E-state index in [0.29, 0.717) is 11.6 Å². The Kier molecular flexibility index (Phi) is 5.10. The van der Waals surface area contributed by atoms with Crippen LogP contribution in [0.15, 0.2) is 42.5 Å². The Labute approximate surface area is 176 Å². The van der Waals surface area contributed by atoms with E-state index in [0.717, 1.165) is 29.7 Å². The highest BCUT2D eigenvalue weighted by molar-refractivity contribution is 6.10. The number of nitrogens with zero attached hydrogens (tertiary/aromatic N) is 1. The Morgan fingerprint density at radius 2 is 1.80 bits per heavy atom. The third-order valence-corrected chi connectivity index (χ3v) is 6.11. The first-order chi connectivity index (χ1) is 14.3. The van der Waals surface area contributed by atoms with E-state index in [9.17, 15) is 14.4 Å². The van der Waals surface area contributed by atoms with Gasteiger partial charge in [0.25, 0.3) is 5.91 Å². The summed E-state index contributed by atoms with van der Waals surface area (Å²) in [5.74, 6) is -0.415. The molecule has 1 atom stereocenters. The van der Waals surface area contributed by atoms with Crippen molar-refractivity contribution in [3.05, 3.63) is 64.7 Å². The summed E-state index contributed by atoms with van der Waals surface area (Å²) in [6, 6.07) is 13.0. The average Bonchev–Trinajstić information content (AvgIpc) is 3.27. The van der Waals surface area contributed by atoms with Crippen LogP contribution < -0.4 is 10.6 Å². The molecule has 156 valence electrons. The molecule has 4 amide bonds. The number of anilines is 1. The number of aryl methyl sites for hydroxylation is 2. The predicted molar refractivity (Wildman–Crippen MR) is 115 cm³/mol. The van der Waals surface area contributed by atoms with Gasteiger partial charge in [-0.1, -0.05) is 44.2 Å². The van der Waals surface area contributed by atoms with Gasteiger partial charge in [-0.25, -0.2) is 4.79 Å². The fourth-order valence-corrected chi connectivity index (χ4v) is 4.21. The summed E-state index contributed by atoms with van der Waals surface area (Å²) in [5.41, 5.74) is 3.95. The van der Waals surface area contributed by atoms with E-state index in [1.807, 2.05) is 42.5 Å². The van der Waals surface area contributed by atoms with Crippen molar-refractivity contribution in [1.29, 1.82) is 0 Å². The molecule has 6 nitrogen and oxygen atoms in total. The van der Waals surface area contributed by atoms with Gasteiger partial charge in [-0.3, -0.25) is 14.5 Å². The fourth-order valence-electron chi connectivity index (χ4n) is 4.21. The smallest absolute Gasteiger partial charge is 0.325 e. The summed E-state index contributed by atoms with van der Waals surface area (Å²) in [7, 11) is 0. The molecule has 2 N–H and O–H groups in total. The number of fused-ring (bicyclic) bond motifs is 1. The highest BCUT2D eigenvalue weighted by Gasteiger charge is 2.49. The van der Waals surface area contributed by atoms with E-state index >= 15 is 0 Å². The van der Waals surface area contributed by atoms with E-state index in [2.05, 4.69) is 24.5 Å². The zero-order valence-electron chi connectivity index (χ0n) is 17.6. The van der Waals surface area contributed by atoms with Gasteiger partial charge in [0.2, 0.25) is 5.91 Å². The highest BCUT2D eigenvalue weighted by atomic mass is 16.2. The van der Waals surface area contributed by atoms with Crippen LogP contribution in [0.5, 0.6) is 0 Å². The molecule has 1 fully saturated rings. The van der Waals surface area contributed by atoms with Crippen LogP contribution in [0.3, 0.4) is 0 Å². The second-order valence-electron chi connectivity index (χ2n) is 8.61. The fraction of sp³-hybridized carbons (Fsp3) is 0.375. The summed E-state index contributed by atoms with van der Waals surface area (Å²) >= 11 is 0. The van der Waals surface area contributed by atoms with Gasteiger partial charge in [-0.15, -0.1) is 0 Å². The van der Waals surface area contributed by atoms with Crippen LogP contribution in [0.2, 0.25) is 0 Å². The molecule has 1 heterocycles. The minimum Gasteiger partial charge on any atom is -0.325 e. The van der Waals surface area contributed by atoms with Gasteiger partial charge >= 0.3 is 6.03 Å². The SMILES string of the molecule is CC(C)c1ccc(NC(=O)CN2C(=O)N[C@@](C)(c3ccc4c(c3)CCC4)C2=O)cc1. The quantitative estimate of drug-likeness (QED) is 0.745. The molecule has 0 bridgehead atoms. The number of benzene rings is 2. The van der Waals surface area contributed by atoms with Crippen LogP contribution in [-0.4, -0.2) is 29.3 Å². The van der Waals surface area contributed by atoms with Crippen molar-refractivity contribution in [3.63, 3.8) is 0 Å². The normalized spacial score (nSPS) is 20.5. The molecule has 2 aromatic carbocycles. The summed E-state index contributed by atoms with van der Waals surface area (Å²) in [6.45, 7) is 5.58. The van der Waals surface area contributed by atoms with Crippen LogP contribution in [0, 0.1) is 0 Å². The van der Waals surface area contributed by atoms with Gasteiger partial charge in [-0.2, -0.15) is 0 Å². The molecule has 1 aliphatic heterocycles. The second kappa shape index (κ2) is 7.59. The third kappa shape index (κ3) is 3.58. The lowest BCUT2D eigenvalue weighted by Crippen LogP contribution is -2.42. The molecule has 6 heteroatoms. The lowest BCUT2D eigenvalue weighted by Gasteiger charge is -2.23. The van der Waals surface area contributed by atoms with Gasteiger partial charge in [0.05, 0.1) is 0 Å². The molecule has 2 aliphatic rings. The molecule has 0 aromatic heterocycles. The topological polar surface area (TPSA) is 78.5 Å². The molecule has 1 aliphatic carbocycles. The number of rotatable bonds is 5. The maximum absolute atomic E-state index is 13.1. The lowest BCUT2D eigenvalue weighted by molar-refractivity contribution is -0.133. The van der Waals surface area contributed by atoms with Crippen LogP contribution in [-0.2, 0) is 28.0 Å². The zero-order valence-corrected chi connectivity index (χ0v) is 17.6. The van der Waals surface area contributed by atoms with Crippen LogP contribution in [0.25, 0.3) is 0 Å². The first-order valence-corrected chi connectivity index (χ1v) is 10.4.